The fourth-order valence-corrected chi connectivity index (χ4v) is 0.268. The Morgan fingerprint density at radius 3 is 1.23 bits per heavy atom. The Bertz CT molecular complexity index is 82.3. The summed E-state index contributed by atoms with van der Waals surface area (Å²) in [7, 11) is 3.17. The normalized spacial score (nSPS) is 10.6. The molecule has 0 saturated carbocycles. The molecule has 0 saturated heterocycles. The van der Waals surface area contributed by atoms with Crippen molar-refractivity contribution in [3.8, 4) is 0 Å². The van der Waals surface area contributed by atoms with Gasteiger partial charge in [-0.15, -0.1) is 0 Å². The first kappa shape index (κ1) is 15.3. The van der Waals surface area contributed by atoms with Crippen LogP contribution in [0, 0.1) is 5.41 Å². The number of aliphatic hydroxyl groups excluding tert-OH is 3. The van der Waals surface area contributed by atoms with E-state index in [2.05, 4.69) is 9.47 Å². The van der Waals surface area contributed by atoms with Crippen LogP contribution in [-0.4, -0.2) is 56.2 Å². The number of aliphatic hydroxyl groups is 3. The molecule has 0 aromatic heterocycles. The van der Waals surface area contributed by atoms with Gasteiger partial charge in [-0.1, -0.05) is 6.92 Å². The van der Waals surface area contributed by atoms with E-state index in [0.717, 1.165) is 0 Å². The van der Waals surface area contributed by atoms with E-state index in [9.17, 15) is 0 Å². The van der Waals surface area contributed by atoms with Crippen LogP contribution in [0.4, 0.5) is 0 Å². The molecule has 5 nitrogen and oxygen atoms in total. The fourth-order valence-electron chi connectivity index (χ4n) is 0.268. The summed E-state index contributed by atoms with van der Waals surface area (Å²) >= 11 is 0. The Morgan fingerprint density at radius 2 is 1.23 bits per heavy atom. The summed E-state index contributed by atoms with van der Waals surface area (Å²) in [6, 6.07) is 0. The third-order valence-electron chi connectivity index (χ3n) is 1.38. The van der Waals surface area contributed by atoms with Crippen molar-refractivity contribution in [1.82, 2.24) is 0 Å². The zero-order valence-electron chi connectivity index (χ0n) is 8.49. The van der Waals surface area contributed by atoms with Gasteiger partial charge in [0.25, 0.3) is 0 Å². The lowest BCUT2D eigenvalue weighted by Crippen LogP contribution is -2.29. The molecule has 0 radical (unpaired) electrons. The highest BCUT2D eigenvalue weighted by Crippen LogP contribution is 2.10. The number of hydrogen-bond donors (Lipinski definition) is 3. The molecular weight excluding hydrogens is 176 g/mol. The van der Waals surface area contributed by atoms with Gasteiger partial charge in [-0.3, -0.25) is 0 Å². The van der Waals surface area contributed by atoms with E-state index >= 15 is 0 Å². The molecule has 0 bridgehead atoms. The van der Waals surface area contributed by atoms with E-state index in [1.165, 1.54) is 0 Å². The predicted molar refractivity (Wildman–Crippen MR) is 48.2 cm³/mol. The van der Waals surface area contributed by atoms with Crippen molar-refractivity contribution in [2.24, 2.45) is 5.41 Å². The van der Waals surface area contributed by atoms with Crippen LogP contribution in [0.1, 0.15) is 6.92 Å². The van der Waals surface area contributed by atoms with Crippen molar-refractivity contribution >= 4 is 0 Å². The molecule has 0 aromatic carbocycles. The van der Waals surface area contributed by atoms with E-state index in [0.29, 0.717) is 6.79 Å². The first-order chi connectivity index (χ1) is 6.10. The molecule has 0 amide bonds. The summed E-state index contributed by atoms with van der Waals surface area (Å²) in [5, 5.41) is 25.4. The lowest BCUT2D eigenvalue weighted by molar-refractivity contribution is -0.00272. The van der Waals surface area contributed by atoms with Gasteiger partial charge in [0.05, 0.1) is 19.8 Å². The first-order valence-corrected chi connectivity index (χ1v) is 3.90. The number of hydrogen-bond acceptors (Lipinski definition) is 5. The summed E-state index contributed by atoms with van der Waals surface area (Å²) in [4.78, 5) is 0. The fraction of sp³-hybridized carbons (Fsp3) is 1.00. The van der Waals surface area contributed by atoms with Crippen LogP contribution in [0.2, 0.25) is 0 Å². The molecule has 0 spiro atoms. The SMILES string of the molecule is CC(CO)(CO)CO.COCOC. The largest absolute Gasteiger partial charge is 0.396 e. The highest BCUT2D eigenvalue weighted by Gasteiger charge is 2.20. The smallest absolute Gasteiger partial charge is 0.145 e. The third kappa shape index (κ3) is 9.72. The maximum Gasteiger partial charge on any atom is 0.145 e. The lowest BCUT2D eigenvalue weighted by Gasteiger charge is -2.20. The summed E-state index contributed by atoms with van der Waals surface area (Å²) in [6.07, 6.45) is 0. The summed E-state index contributed by atoms with van der Waals surface area (Å²) < 4.78 is 8.94. The molecule has 82 valence electrons. The molecular formula is C8H20O5. The van der Waals surface area contributed by atoms with Gasteiger partial charge >= 0.3 is 0 Å². The van der Waals surface area contributed by atoms with Crippen molar-refractivity contribution in [2.45, 2.75) is 6.92 Å². The zero-order valence-corrected chi connectivity index (χ0v) is 8.49. The molecule has 5 heteroatoms. The first-order valence-electron chi connectivity index (χ1n) is 3.90. The summed E-state index contributed by atoms with van der Waals surface area (Å²) in [5.74, 6) is 0. The molecule has 0 unspecified atom stereocenters. The maximum atomic E-state index is 8.47. The van der Waals surface area contributed by atoms with Gasteiger partial charge in [0.1, 0.15) is 6.79 Å². The van der Waals surface area contributed by atoms with Gasteiger partial charge in [0, 0.05) is 19.6 Å². The standard InChI is InChI=1S/C5H12O3.C3H8O2/c1-5(2-6,3-7)4-8;1-4-3-5-2/h6-8H,2-4H2,1H3;3H2,1-2H3. The molecule has 0 fully saturated rings. The van der Waals surface area contributed by atoms with Crippen LogP contribution >= 0.6 is 0 Å². The Balaban J connectivity index is 0. The number of methoxy groups -OCH3 is 2. The molecule has 0 aliphatic rings. The zero-order chi connectivity index (χ0) is 10.7. The third-order valence-corrected chi connectivity index (χ3v) is 1.38. The molecule has 3 N–H and O–H groups in total. The van der Waals surface area contributed by atoms with Crippen molar-refractivity contribution in [2.75, 3.05) is 40.8 Å². The van der Waals surface area contributed by atoms with Crippen molar-refractivity contribution in [1.29, 1.82) is 0 Å². The minimum atomic E-state index is -0.708. The maximum absolute atomic E-state index is 8.47. The van der Waals surface area contributed by atoms with Crippen molar-refractivity contribution < 1.29 is 24.8 Å². The minimum Gasteiger partial charge on any atom is -0.396 e. The second-order valence-corrected chi connectivity index (χ2v) is 2.98. The van der Waals surface area contributed by atoms with Gasteiger partial charge in [0.2, 0.25) is 0 Å². The predicted octanol–water partition coefficient (Wildman–Crippen LogP) is -0.794. The van der Waals surface area contributed by atoms with E-state index < -0.39 is 5.41 Å². The second kappa shape index (κ2) is 9.88. The molecule has 0 aliphatic carbocycles. The quantitative estimate of drug-likeness (QED) is 0.502. The molecule has 0 rings (SSSR count). The van der Waals surface area contributed by atoms with E-state index in [1.54, 1.807) is 21.1 Å². The van der Waals surface area contributed by atoms with Crippen LogP contribution in [0.3, 0.4) is 0 Å². The number of rotatable bonds is 5. The van der Waals surface area contributed by atoms with Gasteiger partial charge in [-0.25, -0.2) is 0 Å². The molecule has 0 aliphatic heterocycles. The Morgan fingerprint density at radius 1 is 0.923 bits per heavy atom. The van der Waals surface area contributed by atoms with Crippen LogP contribution in [0.5, 0.6) is 0 Å². The highest BCUT2D eigenvalue weighted by atomic mass is 16.6. The van der Waals surface area contributed by atoms with E-state index in [1.807, 2.05) is 0 Å². The molecule has 0 atom stereocenters. The monoisotopic (exact) mass is 196 g/mol. The van der Waals surface area contributed by atoms with Gasteiger partial charge in [0.15, 0.2) is 0 Å². The van der Waals surface area contributed by atoms with Gasteiger partial charge in [-0.05, 0) is 0 Å². The Hall–Kier alpha value is -0.200. The van der Waals surface area contributed by atoms with Gasteiger partial charge in [-0.2, -0.15) is 0 Å². The van der Waals surface area contributed by atoms with Crippen LogP contribution in [0.15, 0.2) is 0 Å². The molecule has 0 aromatic rings. The van der Waals surface area contributed by atoms with Crippen molar-refractivity contribution in [3.05, 3.63) is 0 Å². The van der Waals surface area contributed by atoms with Crippen LogP contribution < -0.4 is 0 Å². The average Bonchev–Trinajstić information content (AvgIpc) is 2.19. The average molecular weight is 196 g/mol. The topological polar surface area (TPSA) is 79.2 Å². The van der Waals surface area contributed by atoms with Crippen molar-refractivity contribution in [3.63, 3.8) is 0 Å². The summed E-state index contributed by atoms with van der Waals surface area (Å²) in [6.45, 7) is 1.45. The summed E-state index contributed by atoms with van der Waals surface area (Å²) in [5.41, 5.74) is -0.708. The van der Waals surface area contributed by atoms with Gasteiger partial charge < -0.3 is 24.8 Å². The molecule has 0 heterocycles. The van der Waals surface area contributed by atoms with Crippen LogP contribution in [0.25, 0.3) is 0 Å². The second-order valence-electron chi connectivity index (χ2n) is 2.98. The highest BCUT2D eigenvalue weighted by molar-refractivity contribution is 4.69. The Kier molecular flexibility index (Phi) is 11.6. The van der Waals surface area contributed by atoms with Crippen LogP contribution in [-0.2, 0) is 9.47 Å². The minimum absolute atomic E-state index is 0.181. The van der Waals surface area contributed by atoms with E-state index in [4.69, 9.17) is 15.3 Å². The van der Waals surface area contributed by atoms with E-state index in [-0.39, 0.29) is 19.8 Å². The Labute approximate surface area is 78.9 Å². The molecule has 13 heavy (non-hydrogen) atoms. The lowest BCUT2D eigenvalue weighted by atomic mass is 9.95. The number of ether oxygens (including phenoxy) is 2.